The Morgan fingerprint density at radius 3 is 2.53 bits per heavy atom. The van der Waals surface area contributed by atoms with Crippen molar-refractivity contribution in [3.8, 4) is 0 Å². The fourth-order valence-electron chi connectivity index (χ4n) is 5.00. The molecule has 0 N–H and O–H groups in total. The summed E-state index contributed by atoms with van der Waals surface area (Å²) in [6.45, 7) is 19.2. The highest BCUT2D eigenvalue weighted by atomic mass is 28.3. The van der Waals surface area contributed by atoms with E-state index in [0.717, 1.165) is 48.1 Å². The Morgan fingerprint density at radius 1 is 1.09 bits per heavy atom. The molecule has 0 saturated carbocycles. The molecule has 2 atom stereocenters. The molecule has 0 aliphatic carbocycles. The topological polar surface area (TPSA) is 56.1 Å². The molecular formula is C27H41N5OSi. The van der Waals surface area contributed by atoms with Crippen LogP contribution in [0.2, 0.25) is 25.7 Å². The molecule has 7 heteroatoms. The van der Waals surface area contributed by atoms with E-state index in [9.17, 15) is 0 Å². The van der Waals surface area contributed by atoms with Crippen LogP contribution >= 0.6 is 0 Å². The molecule has 1 saturated heterocycles. The van der Waals surface area contributed by atoms with Gasteiger partial charge in [-0.15, -0.1) is 0 Å². The smallest absolute Gasteiger partial charge is 0.161 e. The highest BCUT2D eigenvalue weighted by molar-refractivity contribution is 6.76. The molecule has 1 aliphatic rings. The first-order chi connectivity index (χ1) is 16.1. The van der Waals surface area contributed by atoms with Crippen LogP contribution in [0.5, 0.6) is 0 Å². The molecule has 1 fully saturated rings. The van der Waals surface area contributed by atoms with Gasteiger partial charge in [0.15, 0.2) is 5.65 Å². The van der Waals surface area contributed by atoms with E-state index >= 15 is 0 Å². The number of fused-ring (bicyclic) bond motifs is 1. The van der Waals surface area contributed by atoms with E-state index in [4.69, 9.17) is 14.7 Å². The summed E-state index contributed by atoms with van der Waals surface area (Å²) in [4.78, 5) is 16.8. The first-order valence-corrected chi connectivity index (χ1v) is 16.4. The van der Waals surface area contributed by atoms with E-state index in [-0.39, 0.29) is 0 Å². The summed E-state index contributed by atoms with van der Waals surface area (Å²) in [7, 11) is -1.09. The summed E-state index contributed by atoms with van der Waals surface area (Å²) in [5.41, 5.74) is 6.78. The van der Waals surface area contributed by atoms with Gasteiger partial charge in [-0.05, 0) is 88.4 Å². The maximum absolute atomic E-state index is 5.99. The van der Waals surface area contributed by atoms with Crippen LogP contribution in [-0.4, -0.2) is 52.2 Å². The zero-order chi connectivity index (χ0) is 24.5. The number of likely N-dealkylation sites (tertiary alicyclic amines) is 1. The molecule has 34 heavy (non-hydrogen) atoms. The standard InChI is InChI=1S/C27H41N5OSi/c1-19-13-24(14-20(2)29-19)23-9-8-10-31(17-23)21(3)25-15-26-27(28-16-25)32(22(4)30-26)18-33-11-12-34(5,6)7/h13-16,21,23H,8-12,17-18H2,1-7H3. The molecule has 3 aromatic rings. The van der Waals surface area contributed by atoms with Gasteiger partial charge in [-0.1, -0.05) is 19.6 Å². The highest BCUT2D eigenvalue weighted by Crippen LogP contribution is 2.33. The highest BCUT2D eigenvalue weighted by Gasteiger charge is 2.26. The zero-order valence-electron chi connectivity index (χ0n) is 22.1. The summed E-state index contributed by atoms with van der Waals surface area (Å²) in [6.07, 6.45) is 4.50. The molecule has 1 aliphatic heterocycles. The number of hydrogen-bond acceptors (Lipinski definition) is 5. The minimum Gasteiger partial charge on any atom is -0.361 e. The molecule has 3 aromatic heterocycles. The van der Waals surface area contributed by atoms with Crippen molar-refractivity contribution in [3.63, 3.8) is 0 Å². The predicted molar refractivity (Wildman–Crippen MR) is 142 cm³/mol. The second-order valence-electron chi connectivity index (χ2n) is 11.2. The van der Waals surface area contributed by atoms with Crippen molar-refractivity contribution >= 4 is 19.2 Å². The van der Waals surface area contributed by atoms with Crippen molar-refractivity contribution in [1.29, 1.82) is 0 Å². The Labute approximate surface area is 205 Å². The lowest BCUT2D eigenvalue weighted by Gasteiger charge is -2.37. The number of imidazole rings is 1. The molecule has 2 unspecified atom stereocenters. The van der Waals surface area contributed by atoms with Crippen molar-refractivity contribution in [2.24, 2.45) is 0 Å². The van der Waals surface area contributed by atoms with Crippen molar-refractivity contribution in [2.75, 3.05) is 19.7 Å². The van der Waals surface area contributed by atoms with Crippen molar-refractivity contribution in [2.45, 2.75) is 84.9 Å². The Bertz CT molecular complexity index is 1120. The molecule has 4 rings (SSSR count). The van der Waals surface area contributed by atoms with Gasteiger partial charge in [0.2, 0.25) is 0 Å². The van der Waals surface area contributed by atoms with Crippen molar-refractivity contribution < 1.29 is 4.74 Å². The lowest BCUT2D eigenvalue weighted by Crippen LogP contribution is -2.36. The molecule has 184 valence electrons. The van der Waals surface area contributed by atoms with Gasteiger partial charge in [0, 0.05) is 44.9 Å². The summed E-state index contributed by atoms with van der Waals surface area (Å²) in [5.74, 6) is 1.52. The summed E-state index contributed by atoms with van der Waals surface area (Å²) < 4.78 is 8.09. The first-order valence-electron chi connectivity index (χ1n) is 12.7. The summed E-state index contributed by atoms with van der Waals surface area (Å²) in [5, 5.41) is 0. The quantitative estimate of drug-likeness (QED) is 0.293. The lowest BCUT2D eigenvalue weighted by atomic mass is 9.89. The Morgan fingerprint density at radius 2 is 1.82 bits per heavy atom. The van der Waals surface area contributed by atoms with Gasteiger partial charge in [0.25, 0.3) is 0 Å². The summed E-state index contributed by atoms with van der Waals surface area (Å²) in [6, 6.07) is 8.23. The molecular weight excluding hydrogens is 438 g/mol. The van der Waals surface area contributed by atoms with Crippen molar-refractivity contribution in [3.05, 3.63) is 52.7 Å². The van der Waals surface area contributed by atoms with Crippen LogP contribution in [0.1, 0.15) is 60.1 Å². The average molecular weight is 480 g/mol. The third kappa shape index (κ3) is 5.93. The Hall–Kier alpha value is -2.09. The van der Waals surface area contributed by atoms with Gasteiger partial charge >= 0.3 is 0 Å². The van der Waals surface area contributed by atoms with Crippen LogP contribution in [0.4, 0.5) is 0 Å². The number of piperidine rings is 1. The molecule has 0 aromatic carbocycles. The number of hydrogen-bond donors (Lipinski definition) is 0. The SMILES string of the molecule is Cc1cc(C2CCCN(C(C)c3cnc4c(c3)nc(C)n4COCC[Si](C)(C)C)C2)cc(C)n1. The number of ether oxygens (including phenoxy) is 1. The normalized spacial score (nSPS) is 18.5. The van der Waals surface area contributed by atoms with E-state index in [2.05, 4.69) is 73.1 Å². The monoisotopic (exact) mass is 479 g/mol. The van der Waals surface area contributed by atoms with Crippen LogP contribution in [-0.2, 0) is 11.5 Å². The molecule has 4 heterocycles. The maximum atomic E-state index is 5.99. The second kappa shape index (κ2) is 10.3. The van der Waals surface area contributed by atoms with E-state index in [1.807, 2.05) is 13.1 Å². The fourth-order valence-corrected chi connectivity index (χ4v) is 5.76. The fraction of sp³-hybridized carbons (Fsp3) is 0.593. The van der Waals surface area contributed by atoms with E-state index in [1.54, 1.807) is 0 Å². The minimum atomic E-state index is -1.09. The summed E-state index contributed by atoms with van der Waals surface area (Å²) >= 11 is 0. The Kier molecular flexibility index (Phi) is 7.55. The molecule has 0 amide bonds. The largest absolute Gasteiger partial charge is 0.361 e. The molecule has 0 bridgehead atoms. The van der Waals surface area contributed by atoms with Crippen LogP contribution in [0.3, 0.4) is 0 Å². The van der Waals surface area contributed by atoms with Crippen LogP contribution in [0.15, 0.2) is 24.4 Å². The average Bonchev–Trinajstić information content (AvgIpc) is 3.09. The zero-order valence-corrected chi connectivity index (χ0v) is 23.1. The molecule has 0 radical (unpaired) electrons. The number of aryl methyl sites for hydroxylation is 3. The molecule has 6 nitrogen and oxygen atoms in total. The second-order valence-corrected chi connectivity index (χ2v) is 16.9. The molecule has 0 spiro atoms. The number of nitrogens with zero attached hydrogens (tertiary/aromatic N) is 5. The van der Waals surface area contributed by atoms with Gasteiger partial charge in [0.05, 0.1) is 0 Å². The third-order valence-corrected chi connectivity index (χ3v) is 8.78. The van der Waals surface area contributed by atoms with Gasteiger partial charge in [0.1, 0.15) is 18.1 Å². The Balaban J connectivity index is 1.46. The van der Waals surface area contributed by atoms with Gasteiger partial charge < -0.3 is 4.74 Å². The number of rotatable bonds is 8. The van der Waals surface area contributed by atoms with Crippen LogP contribution < -0.4 is 0 Å². The predicted octanol–water partition coefficient (Wildman–Crippen LogP) is 6.00. The maximum Gasteiger partial charge on any atom is 0.161 e. The van der Waals surface area contributed by atoms with E-state index in [0.29, 0.717) is 18.7 Å². The van der Waals surface area contributed by atoms with Gasteiger partial charge in [-0.25, -0.2) is 9.97 Å². The minimum absolute atomic E-state index is 0.308. The van der Waals surface area contributed by atoms with E-state index in [1.165, 1.54) is 30.0 Å². The third-order valence-electron chi connectivity index (χ3n) is 7.07. The van der Waals surface area contributed by atoms with Crippen LogP contribution in [0.25, 0.3) is 11.2 Å². The lowest BCUT2D eigenvalue weighted by molar-refractivity contribution is 0.0881. The number of pyridine rings is 2. The van der Waals surface area contributed by atoms with Crippen LogP contribution in [0, 0.1) is 20.8 Å². The first kappa shape index (κ1) is 25.0. The van der Waals surface area contributed by atoms with Crippen molar-refractivity contribution in [1.82, 2.24) is 24.4 Å². The van der Waals surface area contributed by atoms with Gasteiger partial charge in [-0.2, -0.15) is 0 Å². The van der Waals surface area contributed by atoms with Gasteiger partial charge in [-0.3, -0.25) is 14.5 Å². The number of aromatic nitrogens is 4. The van der Waals surface area contributed by atoms with E-state index < -0.39 is 8.07 Å².